The van der Waals surface area contributed by atoms with E-state index in [1.165, 1.54) is 11.1 Å². The summed E-state index contributed by atoms with van der Waals surface area (Å²) < 4.78 is 17.3. The van der Waals surface area contributed by atoms with E-state index >= 15 is 0 Å². The highest BCUT2D eigenvalue weighted by atomic mass is 16.6. The minimum absolute atomic E-state index is 0.00806. The SMILES string of the molecule is COc1cc(OC2CCc3ccccc3C2)ccc1C(=O)N1CCC(N2C(=O)OCc3ccccc32)CC1. The van der Waals surface area contributed by atoms with Gasteiger partial charge in [-0.2, -0.15) is 0 Å². The summed E-state index contributed by atoms with van der Waals surface area (Å²) in [6.07, 6.45) is 4.00. The lowest BCUT2D eigenvalue weighted by molar-refractivity contribution is 0.0705. The second-order valence-electron chi connectivity index (χ2n) is 10.2. The highest BCUT2D eigenvalue weighted by molar-refractivity contribution is 5.97. The lowest BCUT2D eigenvalue weighted by Crippen LogP contribution is -2.50. The van der Waals surface area contributed by atoms with Crippen LogP contribution in [0, 0.1) is 0 Å². The number of methoxy groups -OCH3 is 1. The van der Waals surface area contributed by atoms with Crippen LogP contribution in [-0.4, -0.2) is 49.2 Å². The van der Waals surface area contributed by atoms with E-state index in [0.29, 0.717) is 49.6 Å². The number of fused-ring (bicyclic) bond motifs is 2. The van der Waals surface area contributed by atoms with E-state index in [1.807, 2.05) is 41.3 Å². The van der Waals surface area contributed by atoms with Crippen LogP contribution in [0.5, 0.6) is 11.5 Å². The average molecular weight is 513 g/mol. The molecule has 1 unspecified atom stereocenters. The highest BCUT2D eigenvalue weighted by Gasteiger charge is 2.35. The van der Waals surface area contributed by atoms with Crippen LogP contribution >= 0.6 is 0 Å². The van der Waals surface area contributed by atoms with Crippen molar-refractivity contribution in [3.8, 4) is 11.5 Å². The van der Waals surface area contributed by atoms with Crippen LogP contribution in [0.1, 0.15) is 46.3 Å². The van der Waals surface area contributed by atoms with Gasteiger partial charge < -0.3 is 19.1 Å². The van der Waals surface area contributed by atoms with Crippen LogP contribution in [0.3, 0.4) is 0 Å². The highest BCUT2D eigenvalue weighted by Crippen LogP contribution is 2.33. The fraction of sp³-hybridized carbons (Fsp3) is 0.355. The maximum Gasteiger partial charge on any atom is 0.414 e. The number of likely N-dealkylation sites (tertiary alicyclic amines) is 1. The maximum absolute atomic E-state index is 13.5. The van der Waals surface area contributed by atoms with Gasteiger partial charge in [-0.3, -0.25) is 9.69 Å². The molecule has 3 aromatic carbocycles. The predicted molar refractivity (Wildman–Crippen MR) is 144 cm³/mol. The van der Waals surface area contributed by atoms with E-state index in [2.05, 4.69) is 24.3 Å². The molecule has 0 aromatic heterocycles. The van der Waals surface area contributed by atoms with Gasteiger partial charge in [-0.15, -0.1) is 0 Å². The van der Waals surface area contributed by atoms with Gasteiger partial charge in [0.05, 0.1) is 18.4 Å². The lowest BCUT2D eigenvalue weighted by Gasteiger charge is -2.40. The van der Waals surface area contributed by atoms with Crippen molar-refractivity contribution >= 4 is 17.7 Å². The molecule has 2 aliphatic heterocycles. The average Bonchev–Trinajstić information content (AvgIpc) is 2.97. The summed E-state index contributed by atoms with van der Waals surface area (Å²) in [7, 11) is 1.58. The molecule has 7 heteroatoms. The normalized spacial score (nSPS) is 19.3. The number of hydrogen-bond acceptors (Lipinski definition) is 5. The smallest absolute Gasteiger partial charge is 0.414 e. The molecule has 1 aliphatic carbocycles. The number of carbonyl (C=O) groups is 2. The molecule has 6 rings (SSSR count). The van der Waals surface area contributed by atoms with Crippen molar-refractivity contribution in [2.24, 2.45) is 0 Å². The van der Waals surface area contributed by atoms with Crippen molar-refractivity contribution in [3.05, 3.63) is 89.0 Å². The molecule has 7 nitrogen and oxygen atoms in total. The molecule has 0 spiro atoms. The van der Waals surface area contributed by atoms with Crippen molar-refractivity contribution in [1.82, 2.24) is 4.90 Å². The first-order valence-corrected chi connectivity index (χ1v) is 13.4. The first-order valence-electron chi connectivity index (χ1n) is 13.4. The Morgan fingerprint density at radius 3 is 2.45 bits per heavy atom. The first kappa shape index (κ1) is 24.3. The number of benzene rings is 3. The van der Waals surface area contributed by atoms with Crippen LogP contribution in [0.4, 0.5) is 10.5 Å². The molecule has 0 radical (unpaired) electrons. The molecule has 38 heavy (non-hydrogen) atoms. The van der Waals surface area contributed by atoms with Gasteiger partial charge in [0, 0.05) is 37.2 Å². The number of ether oxygens (including phenoxy) is 3. The van der Waals surface area contributed by atoms with Crippen LogP contribution in [0.15, 0.2) is 66.7 Å². The molecule has 2 amide bonds. The second kappa shape index (κ2) is 10.4. The number of para-hydroxylation sites is 1. The standard InChI is InChI=1S/C31H32N2O5/c1-36-29-19-26(38-25-11-10-21-6-2-3-7-22(21)18-25)12-13-27(29)30(34)32-16-14-24(15-17-32)33-28-9-5-4-8-23(28)20-37-31(33)35/h2-9,12-13,19,24-25H,10-11,14-18,20H2,1H3. The van der Waals surface area contributed by atoms with Crippen molar-refractivity contribution in [2.75, 3.05) is 25.1 Å². The summed E-state index contributed by atoms with van der Waals surface area (Å²) in [6, 6.07) is 21.8. The molecule has 3 aliphatic rings. The lowest BCUT2D eigenvalue weighted by atomic mass is 9.90. The minimum atomic E-state index is -0.313. The molecule has 0 saturated carbocycles. The zero-order valence-corrected chi connectivity index (χ0v) is 21.6. The van der Waals surface area contributed by atoms with Gasteiger partial charge in [0.2, 0.25) is 0 Å². The van der Waals surface area contributed by atoms with E-state index in [9.17, 15) is 9.59 Å². The Morgan fingerprint density at radius 2 is 1.66 bits per heavy atom. The van der Waals surface area contributed by atoms with Crippen molar-refractivity contribution < 1.29 is 23.8 Å². The molecular formula is C31H32N2O5. The second-order valence-corrected chi connectivity index (χ2v) is 10.2. The molecule has 1 fully saturated rings. The van der Waals surface area contributed by atoms with Gasteiger partial charge in [-0.25, -0.2) is 4.79 Å². The molecule has 196 valence electrons. The van der Waals surface area contributed by atoms with E-state index in [4.69, 9.17) is 14.2 Å². The van der Waals surface area contributed by atoms with E-state index < -0.39 is 0 Å². The van der Waals surface area contributed by atoms with Crippen molar-refractivity contribution in [1.29, 1.82) is 0 Å². The summed E-state index contributed by atoms with van der Waals surface area (Å²) in [5.74, 6) is 1.16. The largest absolute Gasteiger partial charge is 0.496 e. The zero-order chi connectivity index (χ0) is 26.1. The Bertz CT molecular complexity index is 1350. The Morgan fingerprint density at radius 1 is 0.921 bits per heavy atom. The number of carbonyl (C=O) groups excluding carboxylic acids is 2. The molecule has 1 atom stereocenters. The Labute approximate surface area is 222 Å². The molecule has 3 aromatic rings. The summed E-state index contributed by atoms with van der Waals surface area (Å²) in [5, 5.41) is 0. The molecule has 1 saturated heterocycles. The van der Waals surface area contributed by atoms with Gasteiger partial charge in [0.15, 0.2) is 0 Å². The van der Waals surface area contributed by atoms with E-state index in [1.54, 1.807) is 18.1 Å². The Kier molecular flexibility index (Phi) is 6.66. The Balaban J connectivity index is 1.11. The summed E-state index contributed by atoms with van der Waals surface area (Å²) in [5.41, 5.74) is 5.18. The number of aryl methyl sites for hydroxylation is 1. The fourth-order valence-corrected chi connectivity index (χ4v) is 5.90. The monoisotopic (exact) mass is 512 g/mol. The van der Waals surface area contributed by atoms with Crippen LogP contribution in [-0.2, 0) is 24.2 Å². The number of hydrogen-bond donors (Lipinski definition) is 0. The molecular weight excluding hydrogens is 480 g/mol. The van der Waals surface area contributed by atoms with Crippen molar-refractivity contribution in [3.63, 3.8) is 0 Å². The number of nitrogens with zero attached hydrogens (tertiary/aromatic N) is 2. The summed E-state index contributed by atoms with van der Waals surface area (Å²) in [6.45, 7) is 1.41. The molecule has 2 heterocycles. The number of rotatable bonds is 5. The van der Waals surface area contributed by atoms with Crippen LogP contribution < -0.4 is 14.4 Å². The topological polar surface area (TPSA) is 68.3 Å². The fourth-order valence-electron chi connectivity index (χ4n) is 5.90. The number of anilines is 1. The third-order valence-electron chi connectivity index (χ3n) is 7.92. The van der Waals surface area contributed by atoms with Gasteiger partial charge in [0.1, 0.15) is 24.2 Å². The van der Waals surface area contributed by atoms with Crippen molar-refractivity contribution in [2.45, 2.75) is 50.9 Å². The quantitative estimate of drug-likeness (QED) is 0.458. The predicted octanol–water partition coefficient (Wildman–Crippen LogP) is 5.39. The minimum Gasteiger partial charge on any atom is -0.496 e. The van der Waals surface area contributed by atoms with Crippen LogP contribution in [0.25, 0.3) is 0 Å². The number of piperidine rings is 1. The van der Waals surface area contributed by atoms with Gasteiger partial charge >= 0.3 is 6.09 Å². The molecule has 0 N–H and O–H groups in total. The van der Waals surface area contributed by atoms with Gasteiger partial charge in [0.25, 0.3) is 5.91 Å². The van der Waals surface area contributed by atoms with Crippen LogP contribution in [0.2, 0.25) is 0 Å². The zero-order valence-electron chi connectivity index (χ0n) is 21.6. The van der Waals surface area contributed by atoms with E-state index in [-0.39, 0.29) is 24.1 Å². The Hall–Kier alpha value is -4.00. The van der Waals surface area contributed by atoms with Gasteiger partial charge in [-0.1, -0.05) is 42.5 Å². The first-order chi connectivity index (χ1) is 18.6. The third kappa shape index (κ3) is 4.69. The molecule has 0 bridgehead atoms. The summed E-state index contributed by atoms with van der Waals surface area (Å²) >= 11 is 0. The van der Waals surface area contributed by atoms with Gasteiger partial charge in [-0.05, 0) is 55.0 Å². The maximum atomic E-state index is 13.5. The number of amides is 2. The van der Waals surface area contributed by atoms with E-state index in [0.717, 1.165) is 30.5 Å². The summed E-state index contributed by atoms with van der Waals surface area (Å²) in [4.78, 5) is 29.7. The number of cyclic esters (lactones) is 1. The third-order valence-corrected chi connectivity index (χ3v) is 7.92.